The lowest BCUT2D eigenvalue weighted by Crippen LogP contribution is -2.10. The monoisotopic (exact) mass is 350 g/mol. The fourth-order valence-electron chi connectivity index (χ4n) is 2.73. The van der Waals surface area contributed by atoms with Crippen LogP contribution in [0.1, 0.15) is 23.5 Å². The van der Waals surface area contributed by atoms with Crippen molar-refractivity contribution < 1.29 is 4.39 Å². The van der Waals surface area contributed by atoms with E-state index in [0.29, 0.717) is 11.2 Å². The lowest BCUT2D eigenvalue weighted by Gasteiger charge is -2.18. The van der Waals surface area contributed by atoms with Crippen LogP contribution in [0, 0.1) is 5.82 Å². The van der Waals surface area contributed by atoms with Gasteiger partial charge in [0.15, 0.2) is 0 Å². The van der Waals surface area contributed by atoms with Crippen molar-refractivity contribution in [3.8, 4) is 0 Å². The van der Waals surface area contributed by atoms with E-state index in [9.17, 15) is 4.39 Å². The Morgan fingerprint density at radius 2 is 1.90 bits per heavy atom. The summed E-state index contributed by atoms with van der Waals surface area (Å²) in [6.45, 7) is 0. The number of benzene rings is 2. The van der Waals surface area contributed by atoms with Gasteiger partial charge < -0.3 is 0 Å². The highest BCUT2D eigenvalue weighted by Gasteiger charge is 2.25. The normalized spacial score (nSPS) is 18.8. The van der Waals surface area contributed by atoms with E-state index in [-0.39, 0.29) is 5.82 Å². The minimum absolute atomic E-state index is 0.162. The van der Waals surface area contributed by atoms with Crippen molar-refractivity contribution >= 4 is 27.7 Å². The third-order valence-corrected chi connectivity index (χ3v) is 5.92. The van der Waals surface area contributed by atoms with Gasteiger partial charge in [0.1, 0.15) is 5.82 Å². The highest BCUT2D eigenvalue weighted by atomic mass is 79.9. The number of thioether (sulfide) groups is 1. The number of hydrogen-bond acceptors (Lipinski definition) is 1. The molecular weight excluding hydrogens is 335 g/mol. The Morgan fingerprint density at radius 3 is 2.60 bits per heavy atom. The van der Waals surface area contributed by atoms with Gasteiger partial charge in [-0.1, -0.05) is 46.3 Å². The van der Waals surface area contributed by atoms with Crippen molar-refractivity contribution in [1.82, 2.24) is 0 Å². The Bertz CT molecular complexity index is 557. The van der Waals surface area contributed by atoms with E-state index in [2.05, 4.69) is 40.2 Å². The van der Waals surface area contributed by atoms with Crippen molar-refractivity contribution in [2.45, 2.75) is 28.9 Å². The van der Waals surface area contributed by atoms with Gasteiger partial charge >= 0.3 is 0 Å². The molecular formula is C17H16BrFS. The summed E-state index contributed by atoms with van der Waals surface area (Å²) < 4.78 is 13.0. The topological polar surface area (TPSA) is 0 Å². The summed E-state index contributed by atoms with van der Waals surface area (Å²) in [7, 11) is 0. The summed E-state index contributed by atoms with van der Waals surface area (Å²) in [5.74, 6) is 0.284. The molecule has 0 N–H and O–H groups in total. The van der Waals surface area contributed by atoms with Crippen LogP contribution in [-0.4, -0.2) is 10.6 Å². The Balaban J connectivity index is 1.69. The largest absolute Gasteiger partial charge is 0.207 e. The van der Waals surface area contributed by atoms with Gasteiger partial charge in [0.2, 0.25) is 0 Å². The SMILES string of the molecule is Fc1ccc(C(CBr)CC2Cc3ccccc3S2)cc1. The van der Waals surface area contributed by atoms with E-state index in [1.165, 1.54) is 16.0 Å². The quantitative estimate of drug-likeness (QED) is 0.664. The summed E-state index contributed by atoms with van der Waals surface area (Å²) in [6.07, 6.45) is 2.27. The van der Waals surface area contributed by atoms with Crippen LogP contribution in [0.2, 0.25) is 0 Å². The molecule has 2 atom stereocenters. The predicted molar refractivity (Wildman–Crippen MR) is 87.3 cm³/mol. The highest BCUT2D eigenvalue weighted by Crippen LogP contribution is 2.41. The van der Waals surface area contributed by atoms with Crippen LogP contribution in [0.4, 0.5) is 4.39 Å². The smallest absolute Gasteiger partial charge is 0.123 e. The molecule has 2 unspecified atom stereocenters. The standard InChI is InChI=1S/C17H16BrFS/c18-11-14(12-5-7-15(19)8-6-12)10-16-9-13-3-1-2-4-17(13)20-16/h1-8,14,16H,9-11H2. The predicted octanol–water partition coefficient (Wildman–Crippen LogP) is 5.41. The summed E-state index contributed by atoms with van der Waals surface area (Å²) in [5, 5.41) is 1.55. The molecule has 0 radical (unpaired) electrons. The van der Waals surface area contributed by atoms with Crippen LogP contribution < -0.4 is 0 Å². The maximum atomic E-state index is 13.0. The average Bonchev–Trinajstić information content (AvgIpc) is 2.88. The minimum atomic E-state index is -0.162. The van der Waals surface area contributed by atoms with E-state index in [1.807, 2.05) is 23.9 Å². The van der Waals surface area contributed by atoms with Crippen LogP contribution in [0.15, 0.2) is 53.4 Å². The van der Waals surface area contributed by atoms with E-state index in [4.69, 9.17) is 0 Å². The number of fused-ring (bicyclic) bond motifs is 1. The van der Waals surface area contributed by atoms with Crippen molar-refractivity contribution in [1.29, 1.82) is 0 Å². The van der Waals surface area contributed by atoms with Crippen LogP contribution in [0.5, 0.6) is 0 Å². The molecule has 3 heteroatoms. The zero-order valence-electron chi connectivity index (χ0n) is 11.1. The number of hydrogen-bond donors (Lipinski definition) is 0. The maximum absolute atomic E-state index is 13.0. The zero-order chi connectivity index (χ0) is 13.9. The summed E-state index contributed by atoms with van der Waals surface area (Å²) >= 11 is 5.59. The fourth-order valence-corrected chi connectivity index (χ4v) is 4.77. The van der Waals surface area contributed by atoms with Crippen LogP contribution in [-0.2, 0) is 6.42 Å². The lowest BCUT2D eigenvalue weighted by molar-refractivity contribution is 0.622. The number of alkyl halides is 1. The van der Waals surface area contributed by atoms with E-state index in [0.717, 1.165) is 18.2 Å². The lowest BCUT2D eigenvalue weighted by atomic mass is 9.94. The second-order valence-electron chi connectivity index (χ2n) is 5.19. The van der Waals surface area contributed by atoms with Gasteiger partial charge in [0.25, 0.3) is 0 Å². The molecule has 0 nitrogen and oxygen atoms in total. The molecule has 3 rings (SSSR count). The molecule has 0 aromatic heterocycles. The average molecular weight is 351 g/mol. The van der Waals surface area contributed by atoms with Crippen molar-refractivity contribution in [3.63, 3.8) is 0 Å². The third kappa shape index (κ3) is 3.09. The number of halogens is 2. The molecule has 2 aromatic carbocycles. The Labute approximate surface area is 131 Å². The van der Waals surface area contributed by atoms with Crippen LogP contribution in [0.3, 0.4) is 0 Å². The van der Waals surface area contributed by atoms with Gasteiger partial charge in [0.05, 0.1) is 0 Å². The number of rotatable bonds is 4. The van der Waals surface area contributed by atoms with Crippen molar-refractivity contribution in [3.05, 3.63) is 65.5 Å². The van der Waals surface area contributed by atoms with Gasteiger partial charge in [-0.25, -0.2) is 4.39 Å². The van der Waals surface area contributed by atoms with Gasteiger partial charge in [-0.05, 0) is 48.1 Å². The molecule has 1 aliphatic heterocycles. The molecule has 2 aromatic rings. The molecule has 0 saturated heterocycles. The van der Waals surface area contributed by atoms with Crippen molar-refractivity contribution in [2.75, 3.05) is 5.33 Å². The van der Waals surface area contributed by atoms with Crippen LogP contribution in [0.25, 0.3) is 0 Å². The molecule has 104 valence electrons. The van der Waals surface area contributed by atoms with Crippen molar-refractivity contribution in [2.24, 2.45) is 0 Å². The molecule has 1 aliphatic rings. The molecule has 20 heavy (non-hydrogen) atoms. The van der Waals surface area contributed by atoms with Gasteiger partial charge in [-0.15, -0.1) is 11.8 Å². The first-order valence-electron chi connectivity index (χ1n) is 6.82. The van der Waals surface area contributed by atoms with Crippen LogP contribution >= 0.6 is 27.7 Å². The second kappa shape index (κ2) is 6.31. The summed E-state index contributed by atoms with van der Waals surface area (Å²) in [6, 6.07) is 15.6. The molecule has 0 amide bonds. The molecule has 0 aliphatic carbocycles. The maximum Gasteiger partial charge on any atom is 0.123 e. The first-order valence-corrected chi connectivity index (χ1v) is 8.82. The summed E-state index contributed by atoms with van der Waals surface area (Å²) in [5.41, 5.74) is 2.69. The molecule has 0 bridgehead atoms. The molecule has 0 spiro atoms. The van der Waals surface area contributed by atoms with E-state index in [1.54, 1.807) is 12.1 Å². The highest BCUT2D eigenvalue weighted by molar-refractivity contribution is 9.09. The molecule has 1 heterocycles. The Morgan fingerprint density at radius 1 is 1.15 bits per heavy atom. The van der Waals surface area contributed by atoms with Gasteiger partial charge in [-0.3, -0.25) is 0 Å². The Kier molecular flexibility index (Phi) is 4.47. The first kappa shape index (κ1) is 14.2. The zero-order valence-corrected chi connectivity index (χ0v) is 13.5. The molecule has 0 saturated carbocycles. The fraction of sp³-hybridized carbons (Fsp3) is 0.294. The second-order valence-corrected chi connectivity index (χ2v) is 7.18. The van der Waals surface area contributed by atoms with Gasteiger partial charge in [-0.2, -0.15) is 0 Å². The van der Waals surface area contributed by atoms with E-state index < -0.39 is 0 Å². The minimum Gasteiger partial charge on any atom is -0.207 e. The van der Waals surface area contributed by atoms with Gasteiger partial charge in [0, 0.05) is 15.5 Å². The Hall–Kier alpha value is -0.800. The first-order chi connectivity index (χ1) is 9.76. The third-order valence-electron chi connectivity index (χ3n) is 3.79. The summed E-state index contributed by atoms with van der Waals surface area (Å²) in [4.78, 5) is 1.42. The van der Waals surface area contributed by atoms with E-state index >= 15 is 0 Å². The molecule has 0 fully saturated rings.